The molecule has 4 aromatic rings. The number of carbonyl (C=O) groups excluding carboxylic acids is 2. The molecule has 0 aliphatic carbocycles. The van der Waals surface area contributed by atoms with Crippen molar-refractivity contribution >= 4 is 81.9 Å². The van der Waals surface area contributed by atoms with E-state index in [0.29, 0.717) is 24.3 Å². The first-order valence-corrected chi connectivity index (χ1v) is 16.6. The van der Waals surface area contributed by atoms with Crippen molar-refractivity contribution in [3.63, 3.8) is 0 Å². The largest absolute Gasteiger partial charge is 0.478 e. The molecule has 0 aliphatic rings. The van der Waals surface area contributed by atoms with Crippen molar-refractivity contribution in [3.05, 3.63) is 82.9 Å². The minimum absolute atomic E-state index is 0.102. The summed E-state index contributed by atoms with van der Waals surface area (Å²) < 4.78 is 102. The number of nitrogen functional groups attached to an aromatic ring is 1. The van der Waals surface area contributed by atoms with Gasteiger partial charge in [0.15, 0.2) is 0 Å². The average Bonchev–Trinajstić information content (AvgIpc) is 2.94. The number of anilines is 3. The third-order valence-electron chi connectivity index (χ3n) is 6.28. The van der Waals surface area contributed by atoms with Gasteiger partial charge in [0.1, 0.15) is 9.79 Å². The summed E-state index contributed by atoms with van der Waals surface area (Å²) in [5, 5.41) is 21.4. The molecule has 0 saturated heterocycles. The standard InChI is InChI=1S/C26H19N3O15S3/c27-15-5-11(3-13(6-15)25(32)33)23(30)28-16-7-12(4-14(8-16)26(34)35)24(31)29-19-10-17(45(36,37)38)9-18-20(46(39,40)41)1-2-21(22(18)19)47(42,43)44/h1-10H,27H2,(H,28,30)(H,29,31)(H,32,33)(H,34,35)(H,36,37,38)(H,39,40,41)(H,42,43,44). The molecule has 0 aliphatic heterocycles. The molecule has 47 heavy (non-hydrogen) atoms. The molecular formula is C26H19N3O15S3. The van der Waals surface area contributed by atoms with E-state index in [-0.39, 0.29) is 22.5 Å². The molecule has 0 spiro atoms. The SMILES string of the molecule is Nc1cc(C(=O)O)cc(C(=O)Nc2cc(C(=O)O)cc(C(=O)Nc3cc(S(=O)(=O)O)cc4c(S(=O)(=O)O)ccc(S(=O)(=O)O)c34)c2)c1. The second kappa shape index (κ2) is 12.1. The molecular weight excluding hydrogens is 690 g/mol. The molecule has 2 amide bonds. The van der Waals surface area contributed by atoms with Crippen LogP contribution in [0.15, 0.2) is 75.4 Å². The molecule has 18 nitrogen and oxygen atoms in total. The molecule has 4 rings (SSSR count). The van der Waals surface area contributed by atoms with E-state index in [4.69, 9.17) is 5.73 Å². The second-order valence-electron chi connectivity index (χ2n) is 9.54. The van der Waals surface area contributed by atoms with Crippen LogP contribution in [0, 0.1) is 0 Å². The van der Waals surface area contributed by atoms with Gasteiger partial charge in [0, 0.05) is 33.3 Å². The van der Waals surface area contributed by atoms with Gasteiger partial charge in [0.2, 0.25) is 0 Å². The molecule has 0 aromatic heterocycles. The van der Waals surface area contributed by atoms with E-state index in [1.165, 1.54) is 0 Å². The van der Waals surface area contributed by atoms with Crippen LogP contribution in [0.25, 0.3) is 10.8 Å². The molecule has 0 bridgehead atoms. The Bertz CT molecular complexity index is 2390. The smallest absolute Gasteiger partial charge is 0.335 e. The van der Waals surface area contributed by atoms with Gasteiger partial charge in [-0.1, -0.05) is 0 Å². The zero-order chi connectivity index (χ0) is 35.2. The quantitative estimate of drug-likeness (QED) is 0.0910. The highest BCUT2D eigenvalue weighted by Crippen LogP contribution is 2.37. The number of nitrogens with two attached hydrogens (primary N) is 1. The van der Waals surface area contributed by atoms with Crippen LogP contribution in [-0.4, -0.2) is 72.9 Å². The van der Waals surface area contributed by atoms with Gasteiger partial charge in [-0.25, -0.2) is 9.59 Å². The molecule has 0 unspecified atom stereocenters. The second-order valence-corrected chi connectivity index (χ2v) is 13.7. The van der Waals surface area contributed by atoms with Crippen molar-refractivity contribution in [2.75, 3.05) is 16.4 Å². The molecule has 21 heteroatoms. The Balaban J connectivity index is 1.89. The number of hydrogen-bond acceptors (Lipinski definition) is 11. The maximum Gasteiger partial charge on any atom is 0.335 e. The number of aromatic carboxylic acids is 2. The first-order chi connectivity index (χ1) is 21.6. The lowest BCUT2D eigenvalue weighted by Crippen LogP contribution is -2.17. The highest BCUT2D eigenvalue weighted by Gasteiger charge is 2.27. The van der Waals surface area contributed by atoms with Crippen LogP contribution in [-0.2, 0) is 30.4 Å². The lowest BCUT2D eigenvalue weighted by Gasteiger charge is -2.16. The molecule has 246 valence electrons. The van der Waals surface area contributed by atoms with Crippen LogP contribution in [0.1, 0.15) is 41.4 Å². The van der Waals surface area contributed by atoms with Crippen molar-refractivity contribution in [2.45, 2.75) is 14.7 Å². The topological polar surface area (TPSA) is 322 Å². The average molecular weight is 710 g/mol. The molecule has 9 N–H and O–H groups in total. The monoisotopic (exact) mass is 709 g/mol. The van der Waals surface area contributed by atoms with Gasteiger partial charge in [0.25, 0.3) is 42.2 Å². The van der Waals surface area contributed by atoms with Gasteiger partial charge in [-0.2, -0.15) is 25.3 Å². The molecule has 4 aromatic carbocycles. The van der Waals surface area contributed by atoms with Crippen molar-refractivity contribution in [1.29, 1.82) is 0 Å². The maximum atomic E-state index is 13.4. The maximum absolute atomic E-state index is 13.4. The minimum atomic E-state index is -5.25. The fourth-order valence-corrected chi connectivity index (χ4v) is 6.28. The van der Waals surface area contributed by atoms with E-state index in [2.05, 4.69) is 10.6 Å². The van der Waals surface area contributed by atoms with Gasteiger partial charge in [-0.15, -0.1) is 0 Å². The number of carboxylic acids is 2. The highest BCUT2D eigenvalue weighted by atomic mass is 32.2. The van der Waals surface area contributed by atoms with E-state index in [9.17, 15) is 68.3 Å². The van der Waals surface area contributed by atoms with Crippen LogP contribution in [0.5, 0.6) is 0 Å². The predicted molar refractivity (Wildman–Crippen MR) is 161 cm³/mol. The molecule has 0 fully saturated rings. The van der Waals surface area contributed by atoms with Gasteiger partial charge in [-0.05, 0) is 60.7 Å². The Kier molecular flexibility index (Phi) is 8.83. The number of benzene rings is 4. The number of nitrogens with one attached hydrogen (secondary N) is 2. The van der Waals surface area contributed by atoms with Gasteiger partial charge in [0.05, 0.1) is 21.7 Å². The normalized spacial score (nSPS) is 12.0. The van der Waals surface area contributed by atoms with Crippen molar-refractivity contribution in [3.8, 4) is 0 Å². The summed E-state index contributed by atoms with van der Waals surface area (Å²) >= 11 is 0. The molecule has 0 heterocycles. The summed E-state index contributed by atoms with van der Waals surface area (Å²) in [5.74, 6) is -5.34. The van der Waals surface area contributed by atoms with E-state index in [0.717, 1.165) is 36.4 Å². The summed E-state index contributed by atoms with van der Waals surface area (Å²) in [6.07, 6.45) is 0. The van der Waals surface area contributed by atoms with Gasteiger partial charge < -0.3 is 26.6 Å². The van der Waals surface area contributed by atoms with E-state index >= 15 is 0 Å². The molecule has 0 atom stereocenters. The van der Waals surface area contributed by atoms with E-state index in [1.807, 2.05) is 0 Å². The number of fused-ring (bicyclic) bond motifs is 1. The third kappa shape index (κ3) is 7.51. The lowest BCUT2D eigenvalue weighted by atomic mass is 10.1. The van der Waals surface area contributed by atoms with Crippen LogP contribution in [0.2, 0.25) is 0 Å². The van der Waals surface area contributed by atoms with Crippen LogP contribution in [0.3, 0.4) is 0 Å². The summed E-state index contributed by atoms with van der Waals surface area (Å²) in [6.45, 7) is 0. The fourth-order valence-electron chi connectivity index (χ4n) is 4.35. The Morgan fingerprint density at radius 1 is 0.574 bits per heavy atom. The first kappa shape index (κ1) is 34.4. The minimum Gasteiger partial charge on any atom is -0.478 e. The fraction of sp³-hybridized carbons (Fsp3) is 0. The summed E-state index contributed by atoms with van der Waals surface area (Å²) in [6, 6.07) is 7.69. The molecule has 0 saturated carbocycles. The Labute approximate surface area is 263 Å². The molecule has 0 radical (unpaired) electrons. The Morgan fingerprint density at radius 3 is 1.57 bits per heavy atom. The Morgan fingerprint density at radius 2 is 1.04 bits per heavy atom. The highest BCUT2D eigenvalue weighted by molar-refractivity contribution is 7.87. The van der Waals surface area contributed by atoms with Crippen molar-refractivity contribution in [1.82, 2.24) is 0 Å². The van der Waals surface area contributed by atoms with E-state index < -0.39 is 96.4 Å². The zero-order valence-corrected chi connectivity index (χ0v) is 25.3. The number of rotatable bonds is 9. The van der Waals surface area contributed by atoms with Crippen molar-refractivity contribution in [2.24, 2.45) is 0 Å². The van der Waals surface area contributed by atoms with Crippen LogP contribution in [0.4, 0.5) is 17.1 Å². The lowest BCUT2D eigenvalue weighted by molar-refractivity contribution is 0.0686. The van der Waals surface area contributed by atoms with E-state index in [1.54, 1.807) is 0 Å². The summed E-state index contributed by atoms with van der Waals surface area (Å²) in [4.78, 5) is 46.2. The first-order valence-electron chi connectivity index (χ1n) is 12.2. The summed E-state index contributed by atoms with van der Waals surface area (Å²) in [7, 11) is -15.7. The van der Waals surface area contributed by atoms with Crippen LogP contribution >= 0.6 is 0 Å². The Hall–Kier alpha value is -5.45. The number of hydrogen-bond donors (Lipinski definition) is 8. The van der Waals surface area contributed by atoms with Crippen LogP contribution < -0.4 is 16.4 Å². The number of carboxylic acid groups (broad SMARTS) is 2. The number of amides is 2. The third-order valence-corrected chi connectivity index (χ3v) is 8.92. The summed E-state index contributed by atoms with van der Waals surface area (Å²) in [5.41, 5.74) is 2.55. The van der Waals surface area contributed by atoms with Gasteiger partial charge in [-0.3, -0.25) is 23.2 Å². The van der Waals surface area contributed by atoms with Gasteiger partial charge >= 0.3 is 11.9 Å². The van der Waals surface area contributed by atoms with Crippen molar-refractivity contribution < 1.29 is 68.3 Å². The zero-order valence-electron chi connectivity index (χ0n) is 22.9. The number of carbonyl (C=O) groups is 4. The predicted octanol–water partition coefficient (Wildman–Crippen LogP) is 2.06.